The lowest BCUT2D eigenvalue weighted by Crippen LogP contribution is -2.31. The maximum absolute atomic E-state index is 11.6. The highest BCUT2D eigenvalue weighted by molar-refractivity contribution is 5.92. The van der Waals surface area contributed by atoms with E-state index in [0.717, 1.165) is 0 Å². The molecule has 0 heterocycles. The van der Waals surface area contributed by atoms with Crippen LogP contribution in [-0.2, 0) is 9.59 Å². The second-order valence-corrected chi connectivity index (χ2v) is 4.67. The summed E-state index contributed by atoms with van der Waals surface area (Å²) < 4.78 is 0. The maximum atomic E-state index is 11.6. The van der Waals surface area contributed by atoms with Crippen LogP contribution in [0.3, 0.4) is 0 Å². The van der Waals surface area contributed by atoms with Crippen molar-refractivity contribution in [1.82, 2.24) is 5.32 Å². The summed E-state index contributed by atoms with van der Waals surface area (Å²) in [5, 5.41) is 16.5. The van der Waals surface area contributed by atoms with Crippen LogP contribution in [0.5, 0.6) is 0 Å². The molecule has 7 heteroatoms. The zero-order valence-corrected chi connectivity index (χ0v) is 12.0. The van der Waals surface area contributed by atoms with Gasteiger partial charge in [-0.15, -0.1) is 0 Å². The van der Waals surface area contributed by atoms with Crippen LogP contribution in [0, 0.1) is 5.92 Å². The van der Waals surface area contributed by atoms with Gasteiger partial charge in [-0.05, 0) is 24.6 Å². The van der Waals surface area contributed by atoms with Gasteiger partial charge in [-0.1, -0.05) is 13.0 Å². The molecule has 4 N–H and O–H groups in total. The summed E-state index contributed by atoms with van der Waals surface area (Å²) in [5.74, 6) is -1.59. The smallest absolute Gasteiger partial charge is 0.319 e. The molecular weight excluding hydrogens is 274 g/mol. The molecule has 0 aliphatic heterocycles. The summed E-state index contributed by atoms with van der Waals surface area (Å²) in [6.45, 7) is 3.25. The highest BCUT2D eigenvalue weighted by atomic mass is 16.4. The van der Waals surface area contributed by atoms with Crippen LogP contribution in [0.15, 0.2) is 24.3 Å². The van der Waals surface area contributed by atoms with Crippen molar-refractivity contribution in [3.05, 3.63) is 24.3 Å². The fourth-order valence-corrected chi connectivity index (χ4v) is 1.58. The summed E-state index contributed by atoms with van der Waals surface area (Å²) in [6.07, 6.45) is 0.356. The number of carboxylic acid groups (broad SMARTS) is 1. The molecule has 7 nitrogen and oxygen atoms in total. The van der Waals surface area contributed by atoms with Crippen molar-refractivity contribution >= 4 is 29.3 Å². The summed E-state index contributed by atoms with van der Waals surface area (Å²) in [6, 6.07) is 6.30. The number of aliphatic carboxylic acids is 1. The molecule has 0 fully saturated rings. The molecule has 1 aromatic carbocycles. The number of rotatable bonds is 6. The number of carbonyl (C=O) groups excluding carboxylic acids is 2. The van der Waals surface area contributed by atoms with E-state index < -0.39 is 17.9 Å². The Morgan fingerprint density at radius 3 is 2.38 bits per heavy atom. The van der Waals surface area contributed by atoms with E-state index in [2.05, 4.69) is 16.0 Å². The Kier molecular flexibility index (Phi) is 6.19. The van der Waals surface area contributed by atoms with E-state index in [9.17, 15) is 14.4 Å². The topological polar surface area (TPSA) is 108 Å². The van der Waals surface area contributed by atoms with Crippen LogP contribution in [-0.4, -0.2) is 29.6 Å². The third-order valence-corrected chi connectivity index (χ3v) is 2.73. The van der Waals surface area contributed by atoms with Crippen LogP contribution in [0.4, 0.5) is 16.2 Å². The first-order valence-corrected chi connectivity index (χ1v) is 6.54. The van der Waals surface area contributed by atoms with Crippen LogP contribution in [0.2, 0.25) is 0 Å². The summed E-state index contributed by atoms with van der Waals surface area (Å²) in [7, 11) is 0. The number of anilines is 2. The van der Waals surface area contributed by atoms with Crippen molar-refractivity contribution in [2.75, 3.05) is 17.2 Å². The van der Waals surface area contributed by atoms with E-state index in [0.29, 0.717) is 17.8 Å². The van der Waals surface area contributed by atoms with Crippen molar-refractivity contribution < 1.29 is 19.5 Å². The van der Waals surface area contributed by atoms with Crippen molar-refractivity contribution in [2.24, 2.45) is 5.92 Å². The predicted octanol–water partition coefficient (Wildman–Crippen LogP) is 1.88. The summed E-state index contributed by atoms with van der Waals surface area (Å²) >= 11 is 0. The molecule has 1 atom stereocenters. The number of carboxylic acids is 1. The first kappa shape index (κ1) is 16.5. The Morgan fingerprint density at radius 2 is 1.81 bits per heavy atom. The van der Waals surface area contributed by atoms with E-state index in [4.69, 9.17) is 5.11 Å². The minimum Gasteiger partial charge on any atom is -0.481 e. The van der Waals surface area contributed by atoms with Gasteiger partial charge in [0, 0.05) is 24.8 Å². The van der Waals surface area contributed by atoms with Crippen LogP contribution in [0.25, 0.3) is 0 Å². The maximum Gasteiger partial charge on any atom is 0.319 e. The van der Waals surface area contributed by atoms with Crippen LogP contribution < -0.4 is 16.0 Å². The van der Waals surface area contributed by atoms with Gasteiger partial charge in [0.15, 0.2) is 0 Å². The standard InChI is InChI=1S/C14H19N3O4/c1-9(13(19)20)6-7-15-14(21)17-12-5-3-4-11(8-12)16-10(2)18/h3-5,8-9H,6-7H2,1-2H3,(H,16,18)(H,19,20)(H2,15,17,21). The Morgan fingerprint density at radius 1 is 1.19 bits per heavy atom. The molecule has 0 saturated heterocycles. The molecule has 0 spiro atoms. The molecule has 21 heavy (non-hydrogen) atoms. The number of urea groups is 1. The lowest BCUT2D eigenvalue weighted by Gasteiger charge is -2.10. The molecule has 3 amide bonds. The number of hydrogen-bond acceptors (Lipinski definition) is 3. The minimum absolute atomic E-state index is 0.195. The second-order valence-electron chi connectivity index (χ2n) is 4.67. The van der Waals surface area contributed by atoms with Crippen molar-refractivity contribution in [3.8, 4) is 0 Å². The van der Waals surface area contributed by atoms with Gasteiger partial charge >= 0.3 is 12.0 Å². The molecule has 0 radical (unpaired) electrons. The summed E-state index contributed by atoms with van der Waals surface area (Å²) in [5.41, 5.74) is 1.12. The second kappa shape index (κ2) is 7.88. The van der Waals surface area contributed by atoms with Gasteiger partial charge in [0.2, 0.25) is 5.91 Å². The van der Waals surface area contributed by atoms with E-state index in [1.807, 2.05) is 0 Å². The molecule has 0 bridgehead atoms. The fraction of sp³-hybridized carbons (Fsp3) is 0.357. The van der Waals surface area contributed by atoms with Gasteiger partial charge in [-0.2, -0.15) is 0 Å². The zero-order valence-electron chi connectivity index (χ0n) is 12.0. The molecule has 0 aliphatic rings. The van der Waals surface area contributed by atoms with Gasteiger partial charge in [0.1, 0.15) is 0 Å². The third-order valence-electron chi connectivity index (χ3n) is 2.73. The first-order chi connectivity index (χ1) is 9.88. The fourth-order valence-electron chi connectivity index (χ4n) is 1.58. The monoisotopic (exact) mass is 293 g/mol. The Balaban J connectivity index is 2.44. The number of hydrogen-bond donors (Lipinski definition) is 4. The van der Waals surface area contributed by atoms with Gasteiger partial charge in [-0.25, -0.2) is 4.79 Å². The molecular formula is C14H19N3O4. The molecule has 0 aromatic heterocycles. The summed E-state index contributed by atoms with van der Waals surface area (Å²) in [4.78, 5) is 33.2. The number of carbonyl (C=O) groups is 3. The largest absolute Gasteiger partial charge is 0.481 e. The zero-order chi connectivity index (χ0) is 15.8. The number of amides is 3. The quantitative estimate of drug-likeness (QED) is 0.642. The minimum atomic E-state index is -0.889. The van der Waals surface area contributed by atoms with Crippen molar-refractivity contribution in [2.45, 2.75) is 20.3 Å². The average Bonchev–Trinajstić information content (AvgIpc) is 2.37. The Labute approximate surface area is 122 Å². The predicted molar refractivity (Wildman–Crippen MR) is 79.2 cm³/mol. The molecule has 1 unspecified atom stereocenters. The third kappa shape index (κ3) is 6.42. The first-order valence-electron chi connectivity index (χ1n) is 6.54. The average molecular weight is 293 g/mol. The van der Waals surface area contributed by atoms with Crippen LogP contribution >= 0.6 is 0 Å². The van der Waals surface area contributed by atoms with E-state index >= 15 is 0 Å². The van der Waals surface area contributed by atoms with Gasteiger partial charge in [0.05, 0.1) is 5.92 Å². The van der Waals surface area contributed by atoms with Gasteiger partial charge < -0.3 is 21.1 Å². The van der Waals surface area contributed by atoms with Crippen LogP contribution in [0.1, 0.15) is 20.3 Å². The van der Waals surface area contributed by atoms with E-state index in [1.165, 1.54) is 6.92 Å². The highest BCUT2D eigenvalue weighted by Gasteiger charge is 2.10. The molecule has 0 saturated carbocycles. The SMILES string of the molecule is CC(=O)Nc1cccc(NC(=O)NCCC(C)C(=O)O)c1. The molecule has 0 aliphatic carbocycles. The molecule has 1 rings (SSSR count). The van der Waals surface area contributed by atoms with E-state index in [-0.39, 0.29) is 12.5 Å². The van der Waals surface area contributed by atoms with Gasteiger partial charge in [0.25, 0.3) is 0 Å². The Bertz CT molecular complexity index is 531. The number of nitrogens with one attached hydrogen (secondary N) is 3. The highest BCUT2D eigenvalue weighted by Crippen LogP contribution is 2.14. The lowest BCUT2D eigenvalue weighted by molar-refractivity contribution is -0.141. The number of benzene rings is 1. The normalized spacial score (nSPS) is 11.3. The van der Waals surface area contributed by atoms with Crippen molar-refractivity contribution in [3.63, 3.8) is 0 Å². The van der Waals surface area contributed by atoms with Gasteiger partial charge in [-0.3, -0.25) is 9.59 Å². The lowest BCUT2D eigenvalue weighted by atomic mass is 10.1. The van der Waals surface area contributed by atoms with Crippen molar-refractivity contribution in [1.29, 1.82) is 0 Å². The molecule has 114 valence electrons. The molecule has 1 aromatic rings. The Hall–Kier alpha value is -2.57. The van der Waals surface area contributed by atoms with E-state index in [1.54, 1.807) is 31.2 Å².